The normalized spacial score (nSPS) is 19.6. The number of nitriles is 1. The molecule has 2 rings (SSSR count). The van der Waals surface area contributed by atoms with Gasteiger partial charge in [0.1, 0.15) is 11.6 Å². The average molecular weight is 637 g/mol. The first-order valence-electron chi connectivity index (χ1n) is 16.5. The molecule has 2 aliphatic rings. The number of amides is 3. The van der Waals surface area contributed by atoms with Gasteiger partial charge in [-0.05, 0) is 23.7 Å². The molecule has 0 bridgehead atoms. The van der Waals surface area contributed by atoms with Gasteiger partial charge < -0.3 is 39.2 Å². The summed E-state index contributed by atoms with van der Waals surface area (Å²) < 4.78 is 27.3. The molecule has 12 heteroatoms. The van der Waals surface area contributed by atoms with Crippen molar-refractivity contribution in [1.82, 2.24) is 15.5 Å². The third kappa shape index (κ3) is 17.1. The van der Waals surface area contributed by atoms with Gasteiger partial charge in [0.15, 0.2) is 0 Å². The highest BCUT2D eigenvalue weighted by atomic mass is 16.6. The van der Waals surface area contributed by atoms with Crippen molar-refractivity contribution >= 4 is 18.2 Å². The summed E-state index contributed by atoms with van der Waals surface area (Å²) in [4.78, 5) is 38.4. The Morgan fingerprint density at radius 1 is 0.800 bits per heavy atom. The lowest BCUT2D eigenvalue weighted by Gasteiger charge is -2.41. The van der Waals surface area contributed by atoms with Gasteiger partial charge in [0.2, 0.25) is 12.3 Å². The lowest BCUT2D eigenvalue weighted by Crippen LogP contribution is -2.51. The Kier molecular flexibility index (Phi) is 19.6. The monoisotopic (exact) mass is 636 g/mol. The summed E-state index contributed by atoms with van der Waals surface area (Å²) in [5.41, 5.74) is -0.138. The lowest BCUT2D eigenvalue weighted by atomic mass is 9.74. The van der Waals surface area contributed by atoms with Crippen LogP contribution in [0.3, 0.4) is 0 Å². The van der Waals surface area contributed by atoms with Gasteiger partial charge >= 0.3 is 0 Å². The smallest absolute Gasteiger partial charge is 0.264 e. The van der Waals surface area contributed by atoms with Crippen LogP contribution in [0.5, 0.6) is 0 Å². The zero-order valence-corrected chi connectivity index (χ0v) is 27.7. The van der Waals surface area contributed by atoms with E-state index in [1.807, 2.05) is 20.8 Å². The fourth-order valence-electron chi connectivity index (χ4n) is 5.75. The van der Waals surface area contributed by atoms with Crippen LogP contribution in [0.1, 0.15) is 59.3 Å². The van der Waals surface area contributed by atoms with E-state index in [4.69, 9.17) is 23.7 Å². The van der Waals surface area contributed by atoms with E-state index in [1.54, 1.807) is 11.0 Å². The molecule has 1 saturated heterocycles. The highest BCUT2D eigenvalue weighted by Gasteiger charge is 2.38. The molecule has 1 saturated carbocycles. The number of nitrogens with zero attached hydrogens (tertiary/aromatic N) is 2. The third-order valence-corrected chi connectivity index (χ3v) is 7.89. The zero-order chi connectivity index (χ0) is 32.8. The lowest BCUT2D eigenvalue weighted by molar-refractivity contribution is -0.135. The standard InChI is InChI=1S/C33H56N4O8/c1-33(2,3)22-30(23-34)32(40)37-24-28(27-7-5-4-6-8-27)21-29(25-37)31(39)36-10-12-42-14-16-44-18-20-45-19-17-43-15-13-41-11-9-35-26-38/h22,26-29H,4-21,24-25H2,1-3H3,(H,35,38)(H,36,39)/b30-22+. The maximum absolute atomic E-state index is 13.4. The van der Waals surface area contributed by atoms with Crippen molar-refractivity contribution in [2.45, 2.75) is 59.3 Å². The van der Waals surface area contributed by atoms with Gasteiger partial charge in [0.25, 0.3) is 5.91 Å². The Bertz CT molecular complexity index is 927. The van der Waals surface area contributed by atoms with E-state index < -0.39 is 0 Å². The van der Waals surface area contributed by atoms with E-state index in [1.165, 1.54) is 19.3 Å². The molecule has 45 heavy (non-hydrogen) atoms. The van der Waals surface area contributed by atoms with Gasteiger partial charge in [-0.1, -0.05) is 59.0 Å². The van der Waals surface area contributed by atoms with Crippen LogP contribution in [0.15, 0.2) is 11.6 Å². The van der Waals surface area contributed by atoms with E-state index in [-0.39, 0.29) is 34.6 Å². The molecule has 2 fully saturated rings. The molecular formula is C33H56N4O8. The summed E-state index contributed by atoms with van der Waals surface area (Å²) >= 11 is 0. The minimum atomic E-state index is -0.303. The van der Waals surface area contributed by atoms with Gasteiger partial charge in [0, 0.05) is 26.2 Å². The first-order valence-corrected chi connectivity index (χ1v) is 16.5. The second kappa shape index (κ2) is 22.9. The fraction of sp³-hybridized carbons (Fsp3) is 0.818. The van der Waals surface area contributed by atoms with Crippen LogP contribution in [0.4, 0.5) is 0 Å². The number of likely N-dealkylation sites (tertiary alicyclic amines) is 1. The third-order valence-electron chi connectivity index (χ3n) is 7.89. The van der Waals surface area contributed by atoms with Crippen LogP contribution in [0, 0.1) is 34.5 Å². The van der Waals surface area contributed by atoms with E-state index in [0.717, 1.165) is 19.3 Å². The van der Waals surface area contributed by atoms with E-state index in [0.29, 0.717) is 105 Å². The highest BCUT2D eigenvalue weighted by Crippen LogP contribution is 2.37. The van der Waals surface area contributed by atoms with Crippen LogP contribution >= 0.6 is 0 Å². The molecule has 256 valence electrons. The van der Waals surface area contributed by atoms with Crippen molar-refractivity contribution in [2.75, 3.05) is 92.2 Å². The summed E-state index contributed by atoms with van der Waals surface area (Å²) in [6, 6.07) is 2.10. The molecule has 3 amide bonds. The predicted molar refractivity (Wildman–Crippen MR) is 169 cm³/mol. The molecule has 2 unspecified atom stereocenters. The summed E-state index contributed by atoms with van der Waals surface area (Å²) in [6.07, 6.45) is 9.06. The Balaban J connectivity index is 1.61. The Labute approximate surface area is 269 Å². The Morgan fingerprint density at radius 3 is 1.84 bits per heavy atom. The number of hydrogen-bond donors (Lipinski definition) is 2. The number of carbonyl (C=O) groups is 3. The number of nitrogens with one attached hydrogen (secondary N) is 2. The number of ether oxygens (including phenoxy) is 5. The Hall–Kier alpha value is -2.56. The zero-order valence-electron chi connectivity index (χ0n) is 27.7. The maximum Gasteiger partial charge on any atom is 0.264 e. The quantitative estimate of drug-likeness (QED) is 0.0791. The van der Waals surface area contributed by atoms with Crippen molar-refractivity contribution in [1.29, 1.82) is 5.26 Å². The largest absolute Gasteiger partial charge is 0.377 e. The van der Waals surface area contributed by atoms with Crippen LogP contribution in [0.25, 0.3) is 0 Å². The minimum absolute atomic E-state index is 0.0629. The highest BCUT2D eigenvalue weighted by molar-refractivity contribution is 5.97. The minimum Gasteiger partial charge on any atom is -0.377 e. The number of hydrogen-bond acceptors (Lipinski definition) is 9. The maximum atomic E-state index is 13.4. The summed E-state index contributed by atoms with van der Waals surface area (Å²) in [7, 11) is 0. The van der Waals surface area contributed by atoms with Gasteiger partial charge in [-0.2, -0.15) is 5.26 Å². The van der Waals surface area contributed by atoms with Gasteiger partial charge in [-0.15, -0.1) is 0 Å². The number of allylic oxidation sites excluding steroid dienone is 1. The molecule has 0 spiro atoms. The number of carbonyl (C=O) groups excluding carboxylic acids is 3. The molecule has 12 nitrogen and oxygen atoms in total. The summed E-state index contributed by atoms with van der Waals surface area (Å²) in [5.74, 6) is 0.144. The second-order valence-electron chi connectivity index (χ2n) is 12.8. The van der Waals surface area contributed by atoms with Crippen LogP contribution in [-0.4, -0.2) is 115 Å². The van der Waals surface area contributed by atoms with Crippen LogP contribution < -0.4 is 10.6 Å². The molecule has 2 N–H and O–H groups in total. The van der Waals surface area contributed by atoms with Crippen molar-refractivity contribution in [3.63, 3.8) is 0 Å². The fourth-order valence-corrected chi connectivity index (χ4v) is 5.75. The molecule has 1 aliphatic heterocycles. The molecule has 1 heterocycles. The van der Waals surface area contributed by atoms with E-state index in [9.17, 15) is 19.6 Å². The molecule has 2 atom stereocenters. The van der Waals surface area contributed by atoms with Crippen molar-refractivity contribution in [2.24, 2.45) is 23.2 Å². The molecule has 0 aromatic heterocycles. The van der Waals surface area contributed by atoms with Crippen LogP contribution in [-0.2, 0) is 38.1 Å². The summed E-state index contributed by atoms with van der Waals surface area (Å²) in [5, 5.41) is 15.2. The van der Waals surface area contributed by atoms with Crippen molar-refractivity contribution in [3.05, 3.63) is 11.6 Å². The van der Waals surface area contributed by atoms with Gasteiger partial charge in [0.05, 0.1) is 72.0 Å². The summed E-state index contributed by atoms with van der Waals surface area (Å²) in [6.45, 7) is 12.2. The molecule has 0 aromatic carbocycles. The Morgan fingerprint density at radius 2 is 1.33 bits per heavy atom. The first-order chi connectivity index (χ1) is 21.7. The van der Waals surface area contributed by atoms with Crippen molar-refractivity contribution in [3.8, 4) is 6.07 Å². The van der Waals surface area contributed by atoms with E-state index >= 15 is 0 Å². The molecular weight excluding hydrogens is 580 g/mol. The van der Waals surface area contributed by atoms with Gasteiger partial charge in [-0.25, -0.2) is 0 Å². The van der Waals surface area contributed by atoms with Gasteiger partial charge in [-0.3, -0.25) is 14.4 Å². The topological polar surface area (TPSA) is 148 Å². The second-order valence-corrected chi connectivity index (χ2v) is 12.8. The van der Waals surface area contributed by atoms with Crippen LogP contribution in [0.2, 0.25) is 0 Å². The molecule has 1 aliphatic carbocycles. The number of piperidine rings is 1. The van der Waals surface area contributed by atoms with Crippen molar-refractivity contribution < 1.29 is 38.1 Å². The SMILES string of the molecule is CC(C)(C)/C=C(\C#N)C(=O)N1CC(C(=O)NCCOCCOCCOCCOCCOCCNC=O)CC(C2CCCCC2)C1. The first kappa shape index (κ1) is 38.6. The van der Waals surface area contributed by atoms with E-state index in [2.05, 4.69) is 16.7 Å². The number of rotatable bonds is 22. The average Bonchev–Trinajstić information content (AvgIpc) is 3.04. The molecule has 0 radical (unpaired) electrons. The predicted octanol–water partition coefficient (Wildman–Crippen LogP) is 2.47. The molecule has 0 aromatic rings.